The van der Waals surface area contributed by atoms with Gasteiger partial charge in [0.25, 0.3) is 0 Å². The van der Waals surface area contributed by atoms with Gasteiger partial charge in [-0.25, -0.2) is 4.98 Å². The van der Waals surface area contributed by atoms with Crippen molar-refractivity contribution >= 4 is 29.0 Å². The zero-order chi connectivity index (χ0) is 23.0. The van der Waals surface area contributed by atoms with Gasteiger partial charge in [-0.05, 0) is 61.4 Å². The Hall–Kier alpha value is -3.63. The number of hydrogen-bond acceptors (Lipinski definition) is 6. The van der Waals surface area contributed by atoms with Crippen LogP contribution < -0.4 is 9.64 Å². The number of hydrogen-bond donors (Lipinski definition) is 0. The average Bonchev–Trinajstić information content (AvgIpc) is 3.11. The minimum absolute atomic E-state index is 0.0148. The number of benzene rings is 2. The molecule has 33 heavy (non-hydrogen) atoms. The Morgan fingerprint density at radius 3 is 2.79 bits per heavy atom. The summed E-state index contributed by atoms with van der Waals surface area (Å²) in [5.74, 6) is 0.768. The molecule has 1 saturated heterocycles. The summed E-state index contributed by atoms with van der Waals surface area (Å²) < 4.78 is 5.85. The molecule has 3 aromatic rings. The van der Waals surface area contributed by atoms with Crippen molar-refractivity contribution in [1.82, 2.24) is 9.88 Å². The zero-order valence-corrected chi connectivity index (χ0v) is 19.4. The van der Waals surface area contributed by atoms with Crippen molar-refractivity contribution in [3.05, 3.63) is 81.8 Å². The first-order valence-corrected chi connectivity index (χ1v) is 11.8. The second-order valence-corrected chi connectivity index (χ2v) is 8.94. The number of anilines is 1. The van der Waals surface area contributed by atoms with Crippen LogP contribution in [-0.4, -0.2) is 42.0 Å². The highest BCUT2D eigenvalue weighted by Crippen LogP contribution is 2.19. The summed E-state index contributed by atoms with van der Waals surface area (Å²) in [5.41, 5.74) is 3.58. The molecule has 1 fully saturated rings. The molecule has 2 heterocycles. The van der Waals surface area contributed by atoms with Crippen molar-refractivity contribution in [2.45, 2.75) is 20.0 Å². The van der Waals surface area contributed by atoms with Crippen LogP contribution in [0.3, 0.4) is 0 Å². The number of thiazole rings is 1. The lowest BCUT2D eigenvalue weighted by Crippen LogP contribution is -2.34. The van der Waals surface area contributed by atoms with E-state index >= 15 is 0 Å². The van der Waals surface area contributed by atoms with Crippen LogP contribution >= 0.6 is 11.3 Å². The second-order valence-electron chi connectivity index (χ2n) is 7.88. The van der Waals surface area contributed by atoms with Crippen LogP contribution in [0.15, 0.2) is 60.0 Å². The predicted octanol–water partition coefficient (Wildman–Crippen LogP) is 4.65. The Morgan fingerprint density at radius 2 is 2.03 bits per heavy atom. The van der Waals surface area contributed by atoms with Gasteiger partial charge >= 0.3 is 0 Å². The quantitative estimate of drug-likeness (QED) is 0.503. The Balaban J connectivity index is 1.32. The topological polar surface area (TPSA) is 69.5 Å². The van der Waals surface area contributed by atoms with E-state index in [0.717, 1.165) is 53.8 Å². The molecule has 6 nitrogen and oxygen atoms in total. The molecule has 1 aromatic heterocycles. The van der Waals surface area contributed by atoms with Gasteiger partial charge in [-0.1, -0.05) is 12.1 Å². The van der Waals surface area contributed by atoms with Crippen LogP contribution in [0, 0.1) is 18.3 Å². The number of aromatic nitrogens is 1. The summed E-state index contributed by atoms with van der Waals surface area (Å²) in [5, 5.41) is 12.0. The molecule has 4 rings (SSSR count). The maximum atomic E-state index is 12.8. The van der Waals surface area contributed by atoms with E-state index in [1.54, 1.807) is 17.4 Å². The average molecular weight is 459 g/mol. The third-order valence-corrected chi connectivity index (χ3v) is 6.32. The van der Waals surface area contributed by atoms with Crippen molar-refractivity contribution in [2.24, 2.45) is 0 Å². The normalized spacial score (nSPS) is 14.2. The van der Waals surface area contributed by atoms with E-state index < -0.39 is 0 Å². The van der Waals surface area contributed by atoms with Crippen LogP contribution in [0.25, 0.3) is 6.08 Å². The van der Waals surface area contributed by atoms with Crippen LogP contribution in [0.5, 0.6) is 5.75 Å². The number of rotatable bonds is 6. The number of aryl methyl sites for hydroxylation is 1. The molecular weight excluding hydrogens is 432 g/mol. The van der Waals surface area contributed by atoms with Gasteiger partial charge in [-0.15, -0.1) is 11.3 Å². The van der Waals surface area contributed by atoms with E-state index in [2.05, 4.69) is 16.0 Å². The maximum absolute atomic E-state index is 12.8. The van der Waals surface area contributed by atoms with E-state index in [0.29, 0.717) is 18.7 Å². The molecule has 0 N–H and O–H groups in total. The summed E-state index contributed by atoms with van der Waals surface area (Å²) in [4.78, 5) is 21.4. The summed E-state index contributed by atoms with van der Waals surface area (Å²) >= 11 is 1.61. The fourth-order valence-electron chi connectivity index (χ4n) is 3.76. The number of amides is 1. The number of carbonyl (C=O) groups is 1. The van der Waals surface area contributed by atoms with Gasteiger partial charge in [0.2, 0.25) is 5.91 Å². The summed E-state index contributed by atoms with van der Waals surface area (Å²) in [6.45, 7) is 5.46. The Bertz CT molecular complexity index is 1160. The molecule has 0 atom stereocenters. The zero-order valence-electron chi connectivity index (χ0n) is 18.6. The van der Waals surface area contributed by atoms with Gasteiger partial charge in [-0.2, -0.15) is 5.26 Å². The predicted molar refractivity (Wildman–Crippen MR) is 131 cm³/mol. The largest absolute Gasteiger partial charge is 0.487 e. The van der Waals surface area contributed by atoms with Crippen LogP contribution in [-0.2, 0) is 11.4 Å². The minimum atomic E-state index is 0.0148. The third kappa shape index (κ3) is 6.21. The minimum Gasteiger partial charge on any atom is -0.487 e. The van der Waals surface area contributed by atoms with E-state index in [-0.39, 0.29) is 5.91 Å². The van der Waals surface area contributed by atoms with E-state index in [1.807, 2.05) is 71.8 Å². The molecule has 0 aliphatic carbocycles. The highest BCUT2D eigenvalue weighted by atomic mass is 32.1. The van der Waals surface area contributed by atoms with Crippen molar-refractivity contribution in [2.75, 3.05) is 31.1 Å². The fourth-order valence-corrected chi connectivity index (χ4v) is 4.35. The second kappa shape index (κ2) is 10.8. The van der Waals surface area contributed by atoms with E-state index in [9.17, 15) is 4.79 Å². The van der Waals surface area contributed by atoms with E-state index in [1.165, 1.54) is 0 Å². The van der Waals surface area contributed by atoms with Gasteiger partial charge in [0.15, 0.2) is 0 Å². The first-order chi connectivity index (χ1) is 16.1. The smallest absolute Gasteiger partial charge is 0.246 e. The Morgan fingerprint density at radius 1 is 1.18 bits per heavy atom. The van der Waals surface area contributed by atoms with Crippen LogP contribution in [0.2, 0.25) is 0 Å². The fraction of sp³-hybridized carbons (Fsp3) is 0.269. The van der Waals surface area contributed by atoms with Crippen molar-refractivity contribution in [3.8, 4) is 11.8 Å². The number of ether oxygens (including phenoxy) is 1. The summed E-state index contributed by atoms with van der Waals surface area (Å²) in [6, 6.07) is 17.5. The molecule has 1 aliphatic rings. The standard InChI is InChI=1S/C26H26N4O2S/c1-20-28-23(19-33-20)18-32-25-5-2-4-21(16-25)8-11-26(31)30-13-3-12-29(14-15-30)24-9-6-22(17-27)7-10-24/h2,4-11,16,19H,3,12-15,18H2,1H3/b11-8+. The molecule has 0 radical (unpaired) electrons. The highest BCUT2D eigenvalue weighted by Gasteiger charge is 2.18. The lowest BCUT2D eigenvalue weighted by atomic mass is 10.2. The number of carbonyl (C=O) groups excluding carboxylic acids is 1. The summed E-state index contributed by atoms with van der Waals surface area (Å²) in [6.07, 6.45) is 4.38. The van der Waals surface area contributed by atoms with Crippen molar-refractivity contribution in [3.63, 3.8) is 0 Å². The Kier molecular flexibility index (Phi) is 7.38. The maximum Gasteiger partial charge on any atom is 0.246 e. The lowest BCUT2D eigenvalue weighted by Gasteiger charge is -2.23. The molecule has 0 saturated carbocycles. The molecule has 0 spiro atoms. The Labute approximate surface area is 198 Å². The highest BCUT2D eigenvalue weighted by molar-refractivity contribution is 7.09. The number of nitrogens with zero attached hydrogens (tertiary/aromatic N) is 4. The van der Waals surface area contributed by atoms with Gasteiger partial charge in [0.1, 0.15) is 12.4 Å². The summed E-state index contributed by atoms with van der Waals surface area (Å²) in [7, 11) is 0. The molecule has 168 valence electrons. The molecule has 1 aliphatic heterocycles. The van der Waals surface area contributed by atoms with Gasteiger partial charge in [-0.3, -0.25) is 4.79 Å². The van der Waals surface area contributed by atoms with Crippen LogP contribution in [0.1, 0.15) is 28.2 Å². The SMILES string of the molecule is Cc1nc(COc2cccc(/C=C/C(=O)N3CCCN(c4ccc(C#N)cc4)CC3)c2)cs1. The molecule has 1 amide bonds. The molecule has 7 heteroatoms. The van der Waals surface area contributed by atoms with Crippen molar-refractivity contribution < 1.29 is 9.53 Å². The first kappa shape index (κ1) is 22.6. The van der Waals surface area contributed by atoms with Gasteiger partial charge < -0.3 is 14.5 Å². The number of nitriles is 1. The van der Waals surface area contributed by atoms with Crippen molar-refractivity contribution in [1.29, 1.82) is 5.26 Å². The van der Waals surface area contributed by atoms with Gasteiger partial charge in [0.05, 0.1) is 22.3 Å². The molecule has 0 unspecified atom stereocenters. The molecule has 0 bridgehead atoms. The molecular formula is C26H26N4O2S. The third-order valence-electron chi connectivity index (χ3n) is 5.50. The molecule has 2 aromatic carbocycles. The monoisotopic (exact) mass is 458 g/mol. The van der Waals surface area contributed by atoms with E-state index in [4.69, 9.17) is 10.00 Å². The first-order valence-electron chi connectivity index (χ1n) is 11.0. The van der Waals surface area contributed by atoms with Gasteiger partial charge in [0, 0.05) is 43.3 Å². The lowest BCUT2D eigenvalue weighted by molar-refractivity contribution is -0.125. The van der Waals surface area contributed by atoms with Crippen LogP contribution in [0.4, 0.5) is 5.69 Å².